The third-order valence-electron chi connectivity index (χ3n) is 4.58. The molecule has 3 heterocycles. The molecule has 1 aliphatic heterocycles. The van der Waals surface area contributed by atoms with Gasteiger partial charge in [-0.25, -0.2) is 4.98 Å². The molecule has 138 valence electrons. The van der Waals surface area contributed by atoms with Crippen molar-refractivity contribution in [3.63, 3.8) is 0 Å². The molecule has 1 atom stereocenters. The SMILES string of the molecule is CC1(C)OC(=O)C(C(c2ccccc2)c2c[nH]c3nccc(Cl)c23)C(=O)O1. The quantitative estimate of drug-likeness (QED) is 0.548. The van der Waals surface area contributed by atoms with Crippen LogP contribution in [0.5, 0.6) is 0 Å². The number of carbonyl (C=O) groups excluding carboxylic acids is 2. The lowest BCUT2D eigenvalue weighted by Gasteiger charge is -2.36. The van der Waals surface area contributed by atoms with E-state index < -0.39 is 29.6 Å². The average Bonchev–Trinajstić information content (AvgIpc) is 3.03. The highest BCUT2D eigenvalue weighted by Gasteiger charge is 2.48. The molecule has 0 bridgehead atoms. The van der Waals surface area contributed by atoms with E-state index in [1.54, 1.807) is 18.5 Å². The second-order valence-electron chi connectivity index (χ2n) is 6.87. The van der Waals surface area contributed by atoms with Gasteiger partial charge in [-0.3, -0.25) is 9.59 Å². The maximum absolute atomic E-state index is 12.8. The molecular formula is C20H17ClN2O4. The van der Waals surface area contributed by atoms with Crippen LogP contribution in [0.25, 0.3) is 11.0 Å². The fourth-order valence-corrected chi connectivity index (χ4v) is 3.75. The molecule has 0 radical (unpaired) electrons. The van der Waals surface area contributed by atoms with Gasteiger partial charge in [-0.05, 0) is 17.2 Å². The Balaban J connectivity index is 1.91. The highest BCUT2D eigenvalue weighted by Crippen LogP contribution is 2.41. The van der Waals surface area contributed by atoms with Gasteiger partial charge in [0.25, 0.3) is 5.79 Å². The zero-order chi connectivity index (χ0) is 19.2. The number of cyclic esters (lactones) is 2. The summed E-state index contributed by atoms with van der Waals surface area (Å²) in [6.45, 7) is 3.06. The molecule has 1 unspecified atom stereocenters. The molecule has 27 heavy (non-hydrogen) atoms. The van der Waals surface area contributed by atoms with E-state index in [-0.39, 0.29) is 0 Å². The molecular weight excluding hydrogens is 368 g/mol. The molecule has 1 N–H and O–H groups in total. The van der Waals surface area contributed by atoms with Crippen LogP contribution >= 0.6 is 11.6 Å². The van der Waals surface area contributed by atoms with Crippen LogP contribution < -0.4 is 0 Å². The molecule has 6 nitrogen and oxygen atoms in total. The zero-order valence-corrected chi connectivity index (χ0v) is 15.5. The summed E-state index contributed by atoms with van der Waals surface area (Å²) in [4.78, 5) is 32.9. The van der Waals surface area contributed by atoms with Crippen LogP contribution in [0.15, 0.2) is 48.8 Å². The predicted octanol–water partition coefficient (Wildman–Crippen LogP) is 3.80. The highest BCUT2D eigenvalue weighted by molar-refractivity contribution is 6.35. The molecule has 7 heteroatoms. The number of fused-ring (bicyclic) bond motifs is 1. The second-order valence-corrected chi connectivity index (χ2v) is 7.28. The third-order valence-corrected chi connectivity index (χ3v) is 4.90. The maximum Gasteiger partial charge on any atom is 0.324 e. The van der Waals surface area contributed by atoms with Gasteiger partial charge in [0.15, 0.2) is 5.92 Å². The Morgan fingerprint density at radius 1 is 1.11 bits per heavy atom. The lowest BCUT2D eigenvalue weighted by atomic mass is 9.80. The van der Waals surface area contributed by atoms with E-state index in [1.165, 1.54) is 13.8 Å². The van der Waals surface area contributed by atoms with Gasteiger partial charge in [0.1, 0.15) is 5.65 Å². The average molecular weight is 385 g/mol. The molecule has 2 aromatic heterocycles. The smallest absolute Gasteiger partial charge is 0.324 e. The summed E-state index contributed by atoms with van der Waals surface area (Å²) >= 11 is 6.40. The van der Waals surface area contributed by atoms with E-state index in [1.807, 2.05) is 30.3 Å². The normalized spacial score (nSPS) is 18.2. The number of aromatic nitrogens is 2. The number of carbonyl (C=O) groups is 2. The van der Waals surface area contributed by atoms with Crippen LogP contribution in [0.2, 0.25) is 5.02 Å². The van der Waals surface area contributed by atoms with Crippen LogP contribution in [-0.2, 0) is 19.1 Å². The van der Waals surface area contributed by atoms with Crippen molar-refractivity contribution in [3.05, 3.63) is 64.9 Å². The van der Waals surface area contributed by atoms with Gasteiger partial charge in [0.2, 0.25) is 0 Å². The number of pyridine rings is 1. The van der Waals surface area contributed by atoms with E-state index >= 15 is 0 Å². The van der Waals surface area contributed by atoms with Gasteiger partial charge in [-0.2, -0.15) is 0 Å². The van der Waals surface area contributed by atoms with Crippen molar-refractivity contribution in [1.82, 2.24) is 9.97 Å². The zero-order valence-electron chi connectivity index (χ0n) is 14.7. The summed E-state index contributed by atoms with van der Waals surface area (Å²) in [6.07, 6.45) is 3.32. The van der Waals surface area contributed by atoms with Crippen molar-refractivity contribution in [2.75, 3.05) is 0 Å². The van der Waals surface area contributed by atoms with Crippen LogP contribution in [0, 0.1) is 5.92 Å². The number of ether oxygens (including phenoxy) is 2. The Morgan fingerprint density at radius 3 is 2.44 bits per heavy atom. The Kier molecular flexibility index (Phi) is 4.15. The Morgan fingerprint density at radius 2 is 1.78 bits per heavy atom. The molecule has 4 rings (SSSR count). The van der Waals surface area contributed by atoms with Gasteiger partial charge in [0.05, 0.1) is 5.02 Å². The van der Waals surface area contributed by atoms with Crippen LogP contribution in [0.4, 0.5) is 0 Å². The topological polar surface area (TPSA) is 81.3 Å². The van der Waals surface area contributed by atoms with E-state index in [0.717, 1.165) is 5.56 Å². The van der Waals surface area contributed by atoms with E-state index in [2.05, 4.69) is 9.97 Å². The van der Waals surface area contributed by atoms with Gasteiger partial charge in [-0.1, -0.05) is 41.9 Å². The van der Waals surface area contributed by atoms with Crippen LogP contribution in [0.3, 0.4) is 0 Å². The highest BCUT2D eigenvalue weighted by atomic mass is 35.5. The number of esters is 2. The second kappa shape index (κ2) is 6.39. The van der Waals surface area contributed by atoms with E-state index in [4.69, 9.17) is 21.1 Å². The lowest BCUT2D eigenvalue weighted by molar-refractivity contribution is -0.240. The maximum atomic E-state index is 12.8. The van der Waals surface area contributed by atoms with Crippen molar-refractivity contribution >= 4 is 34.6 Å². The molecule has 0 aliphatic carbocycles. The van der Waals surface area contributed by atoms with Crippen molar-refractivity contribution in [2.45, 2.75) is 25.6 Å². The fourth-order valence-electron chi connectivity index (χ4n) is 3.50. The van der Waals surface area contributed by atoms with Gasteiger partial charge in [0, 0.05) is 37.5 Å². The van der Waals surface area contributed by atoms with Gasteiger partial charge >= 0.3 is 11.9 Å². The first kappa shape index (κ1) is 17.5. The molecule has 1 saturated heterocycles. The summed E-state index contributed by atoms with van der Waals surface area (Å²) < 4.78 is 10.7. The number of nitrogens with zero attached hydrogens (tertiary/aromatic N) is 1. The molecule has 1 aromatic carbocycles. The summed E-state index contributed by atoms with van der Waals surface area (Å²) in [5, 5.41) is 1.15. The van der Waals surface area contributed by atoms with Crippen LogP contribution in [-0.4, -0.2) is 27.7 Å². The predicted molar refractivity (Wildman–Crippen MR) is 99.1 cm³/mol. The Hall–Kier alpha value is -2.86. The standard InChI is InChI=1S/C20H17ClN2O4/c1-20(2)26-18(24)16(19(25)27-20)14(11-6-4-3-5-7-11)12-10-23-17-15(12)13(21)8-9-22-17/h3-10,14,16H,1-2H3,(H,22,23). The molecule has 1 aliphatic rings. The Labute approximate surface area is 160 Å². The summed E-state index contributed by atoms with van der Waals surface area (Å²) in [7, 11) is 0. The van der Waals surface area contributed by atoms with Crippen LogP contribution in [0.1, 0.15) is 30.9 Å². The molecule has 0 saturated carbocycles. The number of rotatable bonds is 3. The van der Waals surface area contributed by atoms with Crippen molar-refractivity contribution in [1.29, 1.82) is 0 Å². The Bertz CT molecular complexity index is 1010. The summed E-state index contributed by atoms with van der Waals surface area (Å²) in [5.41, 5.74) is 2.04. The number of H-pyrrole nitrogens is 1. The third kappa shape index (κ3) is 3.06. The first-order chi connectivity index (χ1) is 12.9. The number of hydrogen-bond donors (Lipinski definition) is 1. The lowest BCUT2D eigenvalue weighted by Crippen LogP contribution is -2.48. The number of aromatic amines is 1. The minimum absolute atomic E-state index is 0.482. The number of benzene rings is 1. The first-order valence-corrected chi connectivity index (χ1v) is 8.87. The molecule has 1 fully saturated rings. The minimum atomic E-state index is -1.29. The van der Waals surface area contributed by atoms with E-state index in [0.29, 0.717) is 21.6 Å². The van der Waals surface area contributed by atoms with Crippen molar-refractivity contribution in [2.24, 2.45) is 5.92 Å². The van der Waals surface area contributed by atoms with Crippen molar-refractivity contribution in [3.8, 4) is 0 Å². The number of nitrogens with one attached hydrogen (secondary N) is 1. The van der Waals surface area contributed by atoms with Gasteiger partial charge < -0.3 is 14.5 Å². The van der Waals surface area contributed by atoms with E-state index in [9.17, 15) is 9.59 Å². The monoisotopic (exact) mass is 384 g/mol. The largest absolute Gasteiger partial charge is 0.422 e. The fraction of sp³-hybridized carbons (Fsp3) is 0.250. The molecule has 0 amide bonds. The summed E-state index contributed by atoms with van der Waals surface area (Å²) in [6, 6.07) is 10.9. The summed E-state index contributed by atoms with van der Waals surface area (Å²) in [5.74, 6) is -4.31. The van der Waals surface area contributed by atoms with Gasteiger partial charge in [-0.15, -0.1) is 0 Å². The minimum Gasteiger partial charge on any atom is -0.422 e. The number of halogens is 1. The molecule has 0 spiro atoms. The first-order valence-electron chi connectivity index (χ1n) is 8.49. The number of hydrogen-bond acceptors (Lipinski definition) is 5. The molecule has 3 aromatic rings. The van der Waals surface area contributed by atoms with Crippen molar-refractivity contribution < 1.29 is 19.1 Å².